The van der Waals surface area contributed by atoms with Gasteiger partial charge >= 0.3 is 5.97 Å². The van der Waals surface area contributed by atoms with Crippen LogP contribution < -0.4 is 4.74 Å². The average molecular weight is 486 g/mol. The fourth-order valence-corrected chi connectivity index (χ4v) is 7.48. The highest BCUT2D eigenvalue weighted by atomic mass is 16.6. The number of pyridine rings is 1. The molecule has 1 N–H and O–H groups in total. The second-order valence-electron chi connectivity index (χ2n) is 11.9. The number of esters is 1. The molecule has 5 fully saturated rings. The highest BCUT2D eigenvalue weighted by molar-refractivity contribution is 5.99. The molecule has 5 aliphatic carbocycles. The van der Waals surface area contributed by atoms with Gasteiger partial charge in [0.1, 0.15) is 6.10 Å². The Labute approximate surface area is 207 Å². The van der Waals surface area contributed by atoms with Crippen molar-refractivity contribution >= 4 is 11.8 Å². The monoisotopic (exact) mass is 485 g/mol. The van der Waals surface area contributed by atoms with Crippen molar-refractivity contribution in [2.45, 2.75) is 83.8 Å². The van der Waals surface area contributed by atoms with Crippen LogP contribution in [0.1, 0.15) is 82.1 Å². The summed E-state index contributed by atoms with van der Waals surface area (Å²) in [5.41, 5.74) is 0.0230. The zero-order valence-corrected chi connectivity index (χ0v) is 21.2. The third-order valence-corrected chi connectivity index (χ3v) is 8.89. The molecule has 192 valence electrons. The van der Waals surface area contributed by atoms with E-state index in [1.54, 1.807) is 6.92 Å². The van der Waals surface area contributed by atoms with Crippen molar-refractivity contribution in [3.8, 4) is 11.5 Å². The zero-order valence-electron chi connectivity index (χ0n) is 21.2. The van der Waals surface area contributed by atoms with Gasteiger partial charge in [-0.1, -0.05) is 6.92 Å². The molecule has 1 aromatic rings. The van der Waals surface area contributed by atoms with Crippen LogP contribution in [0.4, 0.5) is 0 Å². The van der Waals surface area contributed by atoms with E-state index in [2.05, 4.69) is 4.98 Å². The molecule has 5 aliphatic rings. The van der Waals surface area contributed by atoms with E-state index in [9.17, 15) is 14.7 Å². The second-order valence-corrected chi connectivity index (χ2v) is 11.9. The number of methoxy groups -OCH3 is 1. The van der Waals surface area contributed by atoms with Gasteiger partial charge in [-0.2, -0.15) is 0 Å². The Kier molecular flexibility index (Phi) is 6.81. The van der Waals surface area contributed by atoms with Crippen molar-refractivity contribution in [2.75, 3.05) is 13.7 Å². The SMILES string of the molecule is COc1ccnc(C(=O)C[C@@H](C)C(=O)O[C@@H](C)[C@H](OCC2CC2)C23CC4CC(CC(C4)C2)C3)c1O. The Morgan fingerprint density at radius 1 is 1.11 bits per heavy atom. The van der Waals surface area contributed by atoms with Crippen LogP contribution in [-0.4, -0.2) is 47.8 Å². The van der Waals surface area contributed by atoms with Gasteiger partial charge in [-0.15, -0.1) is 0 Å². The lowest BCUT2D eigenvalue weighted by Gasteiger charge is -2.59. The number of hydrogen-bond acceptors (Lipinski definition) is 7. The number of aromatic hydroxyl groups is 1. The molecule has 0 unspecified atom stereocenters. The summed E-state index contributed by atoms with van der Waals surface area (Å²) in [6.45, 7) is 4.41. The Morgan fingerprint density at radius 2 is 1.74 bits per heavy atom. The maximum Gasteiger partial charge on any atom is 0.309 e. The summed E-state index contributed by atoms with van der Waals surface area (Å²) < 4.78 is 17.7. The van der Waals surface area contributed by atoms with E-state index in [0.717, 1.165) is 24.4 Å². The number of hydrogen-bond donors (Lipinski definition) is 1. The Bertz CT molecular complexity index is 921. The lowest BCUT2D eigenvalue weighted by atomic mass is 9.47. The first-order valence-corrected chi connectivity index (χ1v) is 13.3. The lowest BCUT2D eigenvalue weighted by Crippen LogP contribution is -2.56. The van der Waals surface area contributed by atoms with Crippen LogP contribution in [0.15, 0.2) is 12.3 Å². The zero-order chi connectivity index (χ0) is 24.7. The molecule has 5 saturated carbocycles. The number of carbonyl (C=O) groups is 2. The number of ketones is 1. The van der Waals surface area contributed by atoms with E-state index in [0.29, 0.717) is 5.92 Å². The smallest absolute Gasteiger partial charge is 0.309 e. The second kappa shape index (κ2) is 9.72. The number of ether oxygens (including phenoxy) is 3. The molecule has 6 rings (SSSR count). The summed E-state index contributed by atoms with van der Waals surface area (Å²) in [4.78, 5) is 29.8. The first-order chi connectivity index (χ1) is 16.8. The van der Waals surface area contributed by atoms with Crippen molar-refractivity contribution < 1.29 is 28.9 Å². The molecule has 0 amide bonds. The van der Waals surface area contributed by atoms with Gasteiger partial charge in [-0.05, 0) is 82.0 Å². The van der Waals surface area contributed by atoms with Crippen LogP contribution in [-0.2, 0) is 14.3 Å². The van der Waals surface area contributed by atoms with Crippen LogP contribution in [0.3, 0.4) is 0 Å². The van der Waals surface area contributed by atoms with Gasteiger partial charge in [-0.3, -0.25) is 9.59 Å². The van der Waals surface area contributed by atoms with Crippen molar-refractivity contribution in [3.63, 3.8) is 0 Å². The predicted molar refractivity (Wildman–Crippen MR) is 129 cm³/mol. The van der Waals surface area contributed by atoms with Crippen molar-refractivity contribution in [1.82, 2.24) is 4.98 Å². The molecular weight excluding hydrogens is 446 g/mol. The van der Waals surface area contributed by atoms with E-state index in [1.807, 2.05) is 6.92 Å². The van der Waals surface area contributed by atoms with Gasteiger partial charge in [0.2, 0.25) is 0 Å². The highest BCUT2D eigenvalue weighted by Crippen LogP contribution is 2.62. The van der Waals surface area contributed by atoms with Crippen LogP contribution in [0.25, 0.3) is 0 Å². The average Bonchev–Trinajstić information content (AvgIpc) is 3.62. The molecule has 1 aromatic heterocycles. The topological polar surface area (TPSA) is 95.0 Å². The van der Waals surface area contributed by atoms with E-state index < -0.39 is 17.7 Å². The number of Topliss-reactive ketones (excluding diaryl/α,β-unsaturated/α-hetero) is 1. The van der Waals surface area contributed by atoms with Gasteiger partial charge in [0.15, 0.2) is 23.0 Å². The van der Waals surface area contributed by atoms with Crippen molar-refractivity contribution in [2.24, 2.45) is 35.0 Å². The third-order valence-electron chi connectivity index (χ3n) is 8.89. The Morgan fingerprint density at radius 3 is 2.31 bits per heavy atom. The quantitative estimate of drug-likeness (QED) is 0.350. The number of aromatic nitrogens is 1. The summed E-state index contributed by atoms with van der Waals surface area (Å²) in [6, 6.07) is 1.48. The van der Waals surface area contributed by atoms with Crippen LogP contribution >= 0.6 is 0 Å². The summed E-state index contributed by atoms with van der Waals surface area (Å²) in [5, 5.41) is 10.2. The minimum atomic E-state index is -0.655. The molecule has 0 spiro atoms. The van der Waals surface area contributed by atoms with Crippen molar-refractivity contribution in [1.29, 1.82) is 0 Å². The standard InChI is InChI=1S/C28H39NO6/c1-16(8-22(30)24-25(31)23(33-3)6-7-29-24)27(32)35-17(2)26(34-15-18-4-5-18)28-12-19-9-20(13-28)11-21(10-19)14-28/h6-7,16-21,26,31H,4-5,8-15H2,1-3H3/t16-,17+,19?,20?,21?,26+,28?/m1/s1. The molecule has 35 heavy (non-hydrogen) atoms. The molecule has 4 bridgehead atoms. The Hall–Kier alpha value is -2.15. The van der Waals surface area contributed by atoms with Crippen LogP contribution in [0, 0.1) is 35.0 Å². The van der Waals surface area contributed by atoms with E-state index >= 15 is 0 Å². The number of carbonyl (C=O) groups excluding carboxylic acids is 2. The first-order valence-electron chi connectivity index (χ1n) is 13.3. The summed E-state index contributed by atoms with van der Waals surface area (Å²) in [5.74, 6) is 1.41. The van der Waals surface area contributed by atoms with E-state index in [4.69, 9.17) is 14.2 Å². The number of rotatable bonds is 11. The molecule has 7 heteroatoms. The first kappa shape index (κ1) is 24.5. The lowest BCUT2D eigenvalue weighted by molar-refractivity contribution is -0.193. The van der Waals surface area contributed by atoms with Gasteiger partial charge in [0.05, 0.1) is 19.1 Å². The summed E-state index contributed by atoms with van der Waals surface area (Å²) in [6.07, 6.45) is 10.9. The van der Waals surface area contributed by atoms with E-state index in [1.165, 1.54) is 70.7 Å². The molecule has 3 atom stereocenters. The highest BCUT2D eigenvalue weighted by Gasteiger charge is 2.56. The minimum Gasteiger partial charge on any atom is -0.503 e. The van der Waals surface area contributed by atoms with Crippen LogP contribution in [0.2, 0.25) is 0 Å². The van der Waals surface area contributed by atoms with Crippen LogP contribution in [0.5, 0.6) is 11.5 Å². The fraction of sp³-hybridized carbons (Fsp3) is 0.750. The molecular formula is C28H39NO6. The molecule has 0 radical (unpaired) electrons. The summed E-state index contributed by atoms with van der Waals surface area (Å²) in [7, 11) is 1.41. The third kappa shape index (κ3) is 5.07. The number of nitrogens with zero attached hydrogens (tertiary/aromatic N) is 1. The Balaban J connectivity index is 1.25. The van der Waals surface area contributed by atoms with E-state index in [-0.39, 0.29) is 41.2 Å². The largest absolute Gasteiger partial charge is 0.503 e. The molecule has 1 heterocycles. The molecule has 0 aliphatic heterocycles. The maximum absolute atomic E-state index is 13.1. The molecule has 0 saturated heterocycles. The van der Waals surface area contributed by atoms with Gasteiger partial charge in [-0.25, -0.2) is 4.98 Å². The normalized spacial score (nSPS) is 31.6. The predicted octanol–water partition coefficient (Wildman–Crippen LogP) is 4.95. The fourth-order valence-electron chi connectivity index (χ4n) is 7.48. The van der Waals surface area contributed by atoms with Gasteiger partial charge in [0, 0.05) is 30.7 Å². The van der Waals surface area contributed by atoms with Gasteiger partial charge in [0.25, 0.3) is 0 Å². The summed E-state index contributed by atoms with van der Waals surface area (Å²) >= 11 is 0. The van der Waals surface area contributed by atoms with Gasteiger partial charge < -0.3 is 19.3 Å². The maximum atomic E-state index is 13.1. The minimum absolute atomic E-state index is 0.0868. The molecule has 0 aromatic carbocycles. The molecule has 7 nitrogen and oxygen atoms in total. The van der Waals surface area contributed by atoms with Crippen molar-refractivity contribution in [3.05, 3.63) is 18.0 Å².